The summed E-state index contributed by atoms with van der Waals surface area (Å²) in [6, 6.07) is 0. The Kier molecular flexibility index (Phi) is 4.24. The normalized spacial score (nSPS) is 14.5. The average Bonchev–Trinajstić information content (AvgIpc) is 1.65. The van der Waals surface area contributed by atoms with Crippen molar-refractivity contribution < 1.29 is 0 Å². The molecule has 6 heavy (non-hydrogen) atoms. The van der Waals surface area contributed by atoms with Gasteiger partial charge in [0.25, 0.3) is 0 Å². The number of nitrogens with two attached hydrogens (primary N) is 1. The van der Waals surface area contributed by atoms with Gasteiger partial charge in [-0.1, -0.05) is 22.6 Å². The summed E-state index contributed by atoms with van der Waals surface area (Å²) in [7, 11) is 1.89. The molecule has 1 unspecified atom stereocenters. The maximum absolute atomic E-state index is 5.21. The highest BCUT2D eigenvalue weighted by atomic mass is 127. The van der Waals surface area contributed by atoms with Crippen molar-refractivity contribution in [3.8, 4) is 0 Å². The lowest BCUT2D eigenvalue weighted by atomic mass is 10.7. The summed E-state index contributed by atoms with van der Waals surface area (Å²) in [4.78, 5) is 0. The van der Waals surface area contributed by atoms with Crippen LogP contribution in [0.4, 0.5) is 0 Å². The van der Waals surface area contributed by atoms with Crippen LogP contribution in [0.15, 0.2) is 0 Å². The van der Waals surface area contributed by atoms with Crippen LogP contribution in [0.3, 0.4) is 0 Å². The van der Waals surface area contributed by atoms with E-state index in [9.17, 15) is 0 Å². The van der Waals surface area contributed by atoms with Crippen LogP contribution < -0.4 is 11.1 Å². The second kappa shape index (κ2) is 3.83. The molecule has 38 valence electrons. The van der Waals surface area contributed by atoms with Gasteiger partial charge in [0.1, 0.15) is 0 Å². The van der Waals surface area contributed by atoms with Crippen LogP contribution in [0.2, 0.25) is 0 Å². The maximum atomic E-state index is 5.21. The van der Waals surface area contributed by atoms with Crippen LogP contribution in [0, 0.1) is 0 Å². The summed E-state index contributed by atoms with van der Waals surface area (Å²) in [6.45, 7) is 0.705. The first kappa shape index (κ1) is 6.65. The van der Waals surface area contributed by atoms with E-state index in [1.165, 1.54) is 0 Å². The van der Waals surface area contributed by atoms with Crippen molar-refractivity contribution in [3.05, 3.63) is 0 Å². The van der Waals surface area contributed by atoms with Gasteiger partial charge in [0.15, 0.2) is 0 Å². The standard InChI is InChI=1S/C3H9IN2/c1-6-3(4)2-5/h3,6H,2,5H2,1H3. The van der Waals surface area contributed by atoms with E-state index in [-0.39, 0.29) is 0 Å². The molecule has 0 aliphatic carbocycles. The zero-order valence-electron chi connectivity index (χ0n) is 3.74. The summed E-state index contributed by atoms with van der Waals surface area (Å²) in [5.74, 6) is 0. The lowest BCUT2D eigenvalue weighted by Crippen LogP contribution is -2.26. The van der Waals surface area contributed by atoms with Gasteiger partial charge in [0.2, 0.25) is 0 Å². The van der Waals surface area contributed by atoms with Crippen molar-refractivity contribution >= 4 is 22.6 Å². The number of nitrogens with one attached hydrogen (secondary N) is 1. The molecule has 0 saturated carbocycles. The summed E-state index contributed by atoms with van der Waals surface area (Å²) >= 11 is 2.23. The molecular weight excluding hydrogens is 191 g/mol. The summed E-state index contributed by atoms with van der Waals surface area (Å²) in [5.41, 5.74) is 5.21. The van der Waals surface area contributed by atoms with Gasteiger partial charge in [-0.25, -0.2) is 0 Å². The second-order valence-corrected chi connectivity index (χ2v) is 2.50. The van der Waals surface area contributed by atoms with Crippen molar-refractivity contribution in [1.29, 1.82) is 0 Å². The highest BCUT2D eigenvalue weighted by Crippen LogP contribution is 1.87. The third kappa shape index (κ3) is 2.87. The van der Waals surface area contributed by atoms with E-state index in [1.807, 2.05) is 7.05 Å². The molecule has 0 aromatic heterocycles. The molecule has 0 spiro atoms. The van der Waals surface area contributed by atoms with Gasteiger partial charge in [0.05, 0.1) is 4.05 Å². The van der Waals surface area contributed by atoms with E-state index in [0.29, 0.717) is 10.6 Å². The van der Waals surface area contributed by atoms with Crippen LogP contribution in [0.5, 0.6) is 0 Å². The fourth-order valence-corrected chi connectivity index (χ4v) is 0.118. The minimum absolute atomic E-state index is 0.433. The molecular formula is C3H9IN2. The molecule has 0 aliphatic heterocycles. The topological polar surface area (TPSA) is 38.0 Å². The number of hydrogen-bond acceptors (Lipinski definition) is 2. The fraction of sp³-hybridized carbons (Fsp3) is 1.00. The van der Waals surface area contributed by atoms with Gasteiger partial charge < -0.3 is 11.1 Å². The smallest absolute Gasteiger partial charge is 0.0715 e. The SMILES string of the molecule is CNC(I)CN. The summed E-state index contributed by atoms with van der Waals surface area (Å²) in [6.07, 6.45) is 0. The largest absolute Gasteiger partial charge is 0.328 e. The van der Waals surface area contributed by atoms with Crippen molar-refractivity contribution in [1.82, 2.24) is 5.32 Å². The Bertz CT molecular complexity index is 28.0. The van der Waals surface area contributed by atoms with Gasteiger partial charge in [-0.3, -0.25) is 0 Å². The third-order valence-corrected chi connectivity index (χ3v) is 1.65. The van der Waals surface area contributed by atoms with Crippen LogP contribution in [-0.2, 0) is 0 Å². The molecule has 0 saturated heterocycles. The van der Waals surface area contributed by atoms with Crippen LogP contribution >= 0.6 is 22.6 Å². The van der Waals surface area contributed by atoms with Gasteiger partial charge in [-0.15, -0.1) is 0 Å². The Morgan fingerprint density at radius 2 is 2.50 bits per heavy atom. The molecule has 0 radical (unpaired) electrons. The first-order valence-electron chi connectivity index (χ1n) is 1.82. The Hall–Kier alpha value is 0.650. The molecule has 0 amide bonds. The van der Waals surface area contributed by atoms with Gasteiger partial charge in [-0.2, -0.15) is 0 Å². The molecule has 0 rings (SSSR count). The molecule has 3 heteroatoms. The zero-order chi connectivity index (χ0) is 4.99. The molecule has 0 bridgehead atoms. The number of hydrogen-bond donors (Lipinski definition) is 2. The molecule has 0 aromatic rings. The minimum atomic E-state index is 0.433. The van der Waals surface area contributed by atoms with Crippen LogP contribution in [0.25, 0.3) is 0 Å². The lowest BCUT2D eigenvalue weighted by molar-refractivity contribution is 0.774. The van der Waals surface area contributed by atoms with Crippen molar-refractivity contribution in [2.24, 2.45) is 5.73 Å². The van der Waals surface area contributed by atoms with Crippen molar-refractivity contribution in [2.75, 3.05) is 13.6 Å². The molecule has 1 atom stereocenters. The number of alkyl halides is 1. The van der Waals surface area contributed by atoms with Crippen molar-refractivity contribution in [2.45, 2.75) is 4.05 Å². The average molecular weight is 200 g/mol. The maximum Gasteiger partial charge on any atom is 0.0715 e. The third-order valence-electron chi connectivity index (χ3n) is 0.520. The van der Waals surface area contributed by atoms with Gasteiger partial charge >= 0.3 is 0 Å². The predicted molar refractivity (Wildman–Crippen MR) is 35.9 cm³/mol. The number of likely N-dealkylation sites (N-methyl/N-ethyl adjacent to an activating group) is 1. The summed E-state index contributed by atoms with van der Waals surface area (Å²) in [5, 5.41) is 2.98. The first-order chi connectivity index (χ1) is 2.81. The van der Waals surface area contributed by atoms with E-state index >= 15 is 0 Å². The Morgan fingerprint density at radius 3 is 2.50 bits per heavy atom. The molecule has 0 heterocycles. The summed E-state index contributed by atoms with van der Waals surface area (Å²) < 4.78 is 0.433. The van der Waals surface area contributed by atoms with E-state index in [0.717, 1.165) is 0 Å². The molecule has 0 fully saturated rings. The quantitative estimate of drug-likeness (QED) is 0.372. The number of rotatable bonds is 2. The molecule has 0 aliphatic rings. The van der Waals surface area contributed by atoms with Gasteiger partial charge in [0, 0.05) is 6.54 Å². The lowest BCUT2D eigenvalue weighted by Gasteiger charge is -2.00. The number of halogens is 1. The Morgan fingerprint density at radius 1 is 2.00 bits per heavy atom. The van der Waals surface area contributed by atoms with Gasteiger partial charge in [-0.05, 0) is 7.05 Å². The molecule has 3 N–H and O–H groups in total. The molecule has 2 nitrogen and oxygen atoms in total. The Balaban J connectivity index is 2.75. The minimum Gasteiger partial charge on any atom is -0.328 e. The fourth-order valence-electron chi connectivity index (χ4n) is 0.118. The van der Waals surface area contributed by atoms with E-state index in [1.54, 1.807) is 0 Å². The second-order valence-electron chi connectivity index (χ2n) is 0.992. The van der Waals surface area contributed by atoms with Crippen LogP contribution in [-0.4, -0.2) is 17.6 Å². The highest BCUT2D eigenvalue weighted by molar-refractivity contribution is 14.1. The van der Waals surface area contributed by atoms with E-state index in [4.69, 9.17) is 5.73 Å². The predicted octanol–water partition coefficient (Wildman–Crippen LogP) is -0.0744. The van der Waals surface area contributed by atoms with E-state index in [2.05, 4.69) is 27.9 Å². The van der Waals surface area contributed by atoms with E-state index < -0.39 is 0 Å². The van der Waals surface area contributed by atoms with Crippen molar-refractivity contribution in [3.63, 3.8) is 0 Å². The monoisotopic (exact) mass is 200 g/mol. The Labute approximate surface area is 51.6 Å². The highest BCUT2D eigenvalue weighted by Gasteiger charge is 1.89. The zero-order valence-corrected chi connectivity index (χ0v) is 5.90. The van der Waals surface area contributed by atoms with Crippen LogP contribution in [0.1, 0.15) is 0 Å². The first-order valence-corrected chi connectivity index (χ1v) is 3.07. The molecule has 0 aromatic carbocycles.